The van der Waals surface area contributed by atoms with Crippen molar-refractivity contribution in [3.63, 3.8) is 0 Å². The van der Waals surface area contributed by atoms with Gasteiger partial charge in [0.25, 0.3) is 0 Å². The van der Waals surface area contributed by atoms with Crippen LogP contribution in [0.3, 0.4) is 0 Å². The van der Waals surface area contributed by atoms with E-state index in [4.69, 9.17) is 4.74 Å². The number of ether oxygens (including phenoxy) is 1. The van der Waals surface area contributed by atoms with Gasteiger partial charge in [0.15, 0.2) is 5.82 Å². The van der Waals surface area contributed by atoms with Gasteiger partial charge in [-0.15, -0.1) is 0 Å². The van der Waals surface area contributed by atoms with Crippen LogP contribution >= 0.6 is 0 Å². The van der Waals surface area contributed by atoms with E-state index in [9.17, 15) is 9.18 Å². The number of hydrogen-bond acceptors (Lipinski definition) is 5. The van der Waals surface area contributed by atoms with Gasteiger partial charge in [0, 0.05) is 31.8 Å². The topological polar surface area (TPSA) is 72.3 Å². The molecule has 1 aromatic carbocycles. The highest BCUT2D eigenvalue weighted by atomic mass is 19.1. The summed E-state index contributed by atoms with van der Waals surface area (Å²) in [6.45, 7) is 3.53. The molecule has 4 rings (SSSR count). The third-order valence-corrected chi connectivity index (χ3v) is 5.66. The number of pyridine rings is 1. The number of aromatic nitrogens is 3. The highest BCUT2D eigenvalue weighted by Gasteiger charge is 2.26. The van der Waals surface area contributed by atoms with Gasteiger partial charge in [-0.3, -0.25) is 9.48 Å². The molecular weight excluding hydrogens is 409 g/mol. The molecule has 168 valence electrons. The molecule has 0 aliphatic carbocycles. The number of carbonyl (C=O) groups excluding carboxylic acids is 1. The number of aryl methyl sites for hydroxylation is 3. The number of nitrogens with zero attached hydrogens (tertiary/aromatic N) is 4. The quantitative estimate of drug-likeness (QED) is 0.606. The molecule has 8 heteroatoms. The molecule has 0 unspecified atom stereocenters. The van der Waals surface area contributed by atoms with Crippen molar-refractivity contribution < 1.29 is 13.9 Å². The molecule has 0 bridgehead atoms. The van der Waals surface area contributed by atoms with Crippen LogP contribution < -0.4 is 5.32 Å². The standard InChI is InChI=1S/C24H28FN5O2/c1-17-15-23(28-29(17)2)27-22-7-4-6-20(26-22)21-16-30(13-14-32-21)24(31)8-3-5-18-9-11-19(25)12-10-18/h4,6-7,9-12,15,21H,3,5,8,13-14,16H2,1-2H3,(H,26,27,28)/t21-/m0/s1. The number of rotatable bonds is 7. The van der Waals surface area contributed by atoms with Crippen LogP contribution in [0.25, 0.3) is 0 Å². The summed E-state index contributed by atoms with van der Waals surface area (Å²) in [5.41, 5.74) is 2.87. The van der Waals surface area contributed by atoms with Crippen molar-refractivity contribution in [3.05, 3.63) is 71.3 Å². The fraction of sp³-hybridized carbons (Fsp3) is 0.375. The van der Waals surface area contributed by atoms with Gasteiger partial charge in [-0.1, -0.05) is 18.2 Å². The second-order valence-electron chi connectivity index (χ2n) is 8.05. The Bertz CT molecular complexity index is 1050. The van der Waals surface area contributed by atoms with E-state index >= 15 is 0 Å². The van der Waals surface area contributed by atoms with Gasteiger partial charge < -0.3 is 15.0 Å². The lowest BCUT2D eigenvalue weighted by Gasteiger charge is -2.33. The summed E-state index contributed by atoms with van der Waals surface area (Å²) in [5.74, 6) is 1.29. The van der Waals surface area contributed by atoms with Gasteiger partial charge in [-0.05, 0) is 49.6 Å². The first-order valence-electron chi connectivity index (χ1n) is 10.9. The first-order valence-corrected chi connectivity index (χ1v) is 10.9. The largest absolute Gasteiger partial charge is 0.368 e. The van der Waals surface area contributed by atoms with Crippen molar-refractivity contribution in [1.29, 1.82) is 0 Å². The molecule has 1 aliphatic rings. The van der Waals surface area contributed by atoms with E-state index in [1.807, 2.05) is 43.1 Å². The minimum Gasteiger partial charge on any atom is -0.368 e. The van der Waals surface area contributed by atoms with Crippen molar-refractivity contribution >= 4 is 17.5 Å². The summed E-state index contributed by atoms with van der Waals surface area (Å²) >= 11 is 0. The van der Waals surface area contributed by atoms with Crippen LogP contribution in [-0.2, 0) is 23.0 Å². The smallest absolute Gasteiger partial charge is 0.222 e. The average molecular weight is 438 g/mol. The number of halogens is 1. The van der Waals surface area contributed by atoms with Crippen molar-refractivity contribution in [1.82, 2.24) is 19.7 Å². The normalized spacial score (nSPS) is 16.2. The van der Waals surface area contributed by atoms with Crippen LogP contribution in [-0.4, -0.2) is 45.3 Å². The maximum absolute atomic E-state index is 13.0. The summed E-state index contributed by atoms with van der Waals surface area (Å²) in [6, 6.07) is 14.1. The minimum absolute atomic E-state index is 0.110. The van der Waals surface area contributed by atoms with Gasteiger partial charge in [-0.2, -0.15) is 5.10 Å². The fourth-order valence-corrected chi connectivity index (χ4v) is 3.76. The first kappa shape index (κ1) is 22.0. The molecule has 1 fully saturated rings. The Hall–Kier alpha value is -3.26. The van der Waals surface area contributed by atoms with E-state index in [1.54, 1.807) is 16.8 Å². The molecule has 32 heavy (non-hydrogen) atoms. The predicted octanol–water partition coefficient (Wildman–Crippen LogP) is 3.93. The Morgan fingerprint density at radius 2 is 2.03 bits per heavy atom. The van der Waals surface area contributed by atoms with E-state index in [2.05, 4.69) is 15.4 Å². The van der Waals surface area contributed by atoms with Crippen molar-refractivity contribution in [2.45, 2.75) is 32.3 Å². The zero-order valence-corrected chi connectivity index (χ0v) is 18.4. The third kappa shape index (κ3) is 5.50. The molecule has 3 aromatic rings. The monoisotopic (exact) mass is 437 g/mol. The SMILES string of the molecule is Cc1cc(Nc2cccc([C@@H]3CN(C(=O)CCCc4ccc(F)cc4)CCO3)n2)nn1C. The van der Waals surface area contributed by atoms with Gasteiger partial charge >= 0.3 is 0 Å². The highest BCUT2D eigenvalue weighted by molar-refractivity contribution is 5.76. The summed E-state index contributed by atoms with van der Waals surface area (Å²) in [4.78, 5) is 19.3. The zero-order valence-electron chi connectivity index (χ0n) is 18.4. The van der Waals surface area contributed by atoms with Gasteiger partial charge in [0.05, 0.1) is 18.8 Å². The maximum Gasteiger partial charge on any atom is 0.222 e. The molecule has 1 saturated heterocycles. The molecule has 1 aliphatic heterocycles. The second-order valence-corrected chi connectivity index (χ2v) is 8.05. The molecule has 0 saturated carbocycles. The fourth-order valence-electron chi connectivity index (χ4n) is 3.76. The van der Waals surface area contributed by atoms with Crippen LogP contribution in [0.15, 0.2) is 48.5 Å². The number of carbonyl (C=O) groups is 1. The Morgan fingerprint density at radius 1 is 1.22 bits per heavy atom. The van der Waals surface area contributed by atoms with Crippen LogP contribution in [0, 0.1) is 12.7 Å². The van der Waals surface area contributed by atoms with Crippen LogP contribution in [0.4, 0.5) is 16.0 Å². The number of benzene rings is 1. The highest BCUT2D eigenvalue weighted by Crippen LogP contribution is 2.24. The Balaban J connectivity index is 1.32. The summed E-state index contributed by atoms with van der Waals surface area (Å²) in [7, 11) is 1.89. The molecule has 0 radical (unpaired) electrons. The number of anilines is 2. The molecule has 1 amide bonds. The molecular formula is C24H28FN5O2. The van der Waals surface area contributed by atoms with Crippen LogP contribution in [0.5, 0.6) is 0 Å². The Labute approximate surface area is 187 Å². The van der Waals surface area contributed by atoms with E-state index in [-0.39, 0.29) is 17.8 Å². The number of hydrogen-bond donors (Lipinski definition) is 1. The van der Waals surface area contributed by atoms with Crippen LogP contribution in [0.2, 0.25) is 0 Å². The number of nitrogens with one attached hydrogen (secondary N) is 1. The first-order chi connectivity index (χ1) is 15.5. The van der Waals surface area contributed by atoms with E-state index in [0.717, 1.165) is 35.6 Å². The maximum atomic E-state index is 13.0. The molecule has 1 N–H and O–H groups in total. The zero-order chi connectivity index (χ0) is 22.5. The second kappa shape index (κ2) is 9.91. The molecule has 1 atom stereocenters. The summed E-state index contributed by atoms with van der Waals surface area (Å²) in [5, 5.41) is 7.62. The van der Waals surface area contributed by atoms with Crippen molar-refractivity contribution in [2.75, 3.05) is 25.0 Å². The lowest BCUT2D eigenvalue weighted by molar-refractivity contribution is -0.139. The van der Waals surface area contributed by atoms with Crippen molar-refractivity contribution in [2.24, 2.45) is 7.05 Å². The number of amides is 1. The van der Waals surface area contributed by atoms with Crippen LogP contribution in [0.1, 0.15) is 35.9 Å². The summed E-state index contributed by atoms with van der Waals surface area (Å²) in [6.07, 6.45) is 1.67. The lowest BCUT2D eigenvalue weighted by Crippen LogP contribution is -2.42. The number of morpholine rings is 1. The Kier molecular flexibility index (Phi) is 6.80. The van der Waals surface area contributed by atoms with Gasteiger partial charge in [0.2, 0.25) is 5.91 Å². The van der Waals surface area contributed by atoms with E-state index in [0.29, 0.717) is 31.9 Å². The Morgan fingerprint density at radius 3 is 2.78 bits per heavy atom. The summed E-state index contributed by atoms with van der Waals surface area (Å²) < 4.78 is 20.7. The van der Waals surface area contributed by atoms with E-state index in [1.165, 1.54) is 12.1 Å². The predicted molar refractivity (Wildman–Crippen MR) is 120 cm³/mol. The third-order valence-electron chi connectivity index (χ3n) is 5.66. The molecule has 2 aromatic heterocycles. The van der Waals surface area contributed by atoms with Crippen molar-refractivity contribution in [3.8, 4) is 0 Å². The van der Waals surface area contributed by atoms with E-state index < -0.39 is 0 Å². The molecule has 3 heterocycles. The lowest BCUT2D eigenvalue weighted by atomic mass is 10.1. The van der Waals surface area contributed by atoms with Gasteiger partial charge in [0.1, 0.15) is 17.7 Å². The average Bonchev–Trinajstić information content (AvgIpc) is 3.12. The van der Waals surface area contributed by atoms with Gasteiger partial charge in [-0.25, -0.2) is 9.37 Å². The minimum atomic E-state index is -0.267. The molecule has 7 nitrogen and oxygen atoms in total. The molecule has 0 spiro atoms.